The van der Waals surface area contributed by atoms with Crippen LogP contribution in [0.1, 0.15) is 72.4 Å². The van der Waals surface area contributed by atoms with Crippen molar-refractivity contribution >= 4 is 17.4 Å². The zero-order valence-electron chi connectivity index (χ0n) is 30.6. The molecular formula is C38H59N3O7. The lowest BCUT2D eigenvalue weighted by atomic mass is 9.74. The van der Waals surface area contributed by atoms with Crippen LogP contribution in [-0.2, 0) is 28.5 Å². The van der Waals surface area contributed by atoms with Crippen LogP contribution in [0, 0.1) is 17.3 Å². The second-order valence-corrected chi connectivity index (χ2v) is 14.4. The van der Waals surface area contributed by atoms with Crippen molar-refractivity contribution in [3.8, 4) is 11.1 Å². The Hall–Kier alpha value is -2.86. The Kier molecular flexibility index (Phi) is 14.2. The maximum Gasteiger partial charge on any atom is 0.319 e. The van der Waals surface area contributed by atoms with Crippen molar-refractivity contribution in [1.82, 2.24) is 10.2 Å². The number of Topliss-reactive ketones (excluding diaryl/α,β-unsaturated/α-hetero) is 1. The number of nitrogens with two attached hydrogens (primary N) is 1. The zero-order valence-corrected chi connectivity index (χ0v) is 30.6. The number of cyclic esters (lactones) is 1. The van der Waals surface area contributed by atoms with Crippen molar-refractivity contribution in [2.45, 2.75) is 97.0 Å². The van der Waals surface area contributed by atoms with Gasteiger partial charge >= 0.3 is 5.97 Å². The van der Waals surface area contributed by atoms with Crippen molar-refractivity contribution in [3.63, 3.8) is 0 Å². The highest BCUT2D eigenvalue weighted by Crippen LogP contribution is 2.38. The number of benzene rings is 2. The summed E-state index contributed by atoms with van der Waals surface area (Å²) < 4.78 is 24.6. The van der Waals surface area contributed by atoms with E-state index in [0.717, 1.165) is 23.1 Å². The van der Waals surface area contributed by atoms with Gasteiger partial charge in [0.25, 0.3) is 0 Å². The number of rotatable bonds is 5. The minimum Gasteiger partial charge on any atom is -0.463 e. The van der Waals surface area contributed by atoms with Crippen LogP contribution >= 0.6 is 0 Å². The number of ether oxygens (including phenoxy) is 4. The van der Waals surface area contributed by atoms with Crippen LogP contribution < -0.4 is 11.1 Å². The van der Waals surface area contributed by atoms with Gasteiger partial charge in [-0.1, -0.05) is 50.2 Å². The van der Waals surface area contributed by atoms with Gasteiger partial charge in [0, 0.05) is 25.3 Å². The lowest BCUT2D eigenvalue weighted by Gasteiger charge is -2.45. The van der Waals surface area contributed by atoms with Crippen molar-refractivity contribution in [2.24, 2.45) is 17.3 Å². The molecule has 2 aromatic rings. The topological polar surface area (TPSA) is 133 Å². The van der Waals surface area contributed by atoms with E-state index in [4.69, 9.17) is 24.7 Å². The summed E-state index contributed by atoms with van der Waals surface area (Å²) in [6, 6.07) is 15.7. The number of methoxy groups -OCH3 is 1. The first-order valence-corrected chi connectivity index (χ1v) is 17.1. The number of likely N-dealkylation sites (N-methyl/N-ethyl adjacent to an activating group) is 1. The van der Waals surface area contributed by atoms with E-state index in [9.17, 15) is 14.7 Å². The number of esters is 1. The Balaban J connectivity index is 0.00000201. The van der Waals surface area contributed by atoms with Crippen LogP contribution in [0.4, 0.5) is 5.69 Å². The Bertz CT molecular complexity index is 1340. The molecule has 4 rings (SSSR count). The summed E-state index contributed by atoms with van der Waals surface area (Å²) >= 11 is 0. The molecule has 2 heterocycles. The Morgan fingerprint density at radius 2 is 1.65 bits per heavy atom. The lowest BCUT2D eigenvalue weighted by molar-refractivity contribution is -0.285. The van der Waals surface area contributed by atoms with Crippen LogP contribution in [0.3, 0.4) is 0 Å². The van der Waals surface area contributed by atoms with E-state index < -0.39 is 41.4 Å². The number of aliphatic hydroxyl groups excluding tert-OH is 1. The van der Waals surface area contributed by atoms with Gasteiger partial charge < -0.3 is 35.1 Å². The molecule has 4 N–H and O–H groups in total. The molecule has 2 aliphatic heterocycles. The number of anilines is 1. The van der Waals surface area contributed by atoms with Gasteiger partial charge in [-0.3, -0.25) is 14.5 Å². The number of carbonyl (C=O) groups is 2. The average Bonchev–Trinajstić information content (AvgIpc) is 3.04. The molecule has 0 aliphatic carbocycles. The molecule has 0 bridgehead atoms. The third-order valence-electron chi connectivity index (χ3n) is 9.67. The molecule has 0 saturated carbocycles. The van der Waals surface area contributed by atoms with Gasteiger partial charge in [-0.15, -0.1) is 0 Å². The van der Waals surface area contributed by atoms with E-state index in [-0.39, 0.29) is 30.5 Å². The highest BCUT2D eigenvalue weighted by Gasteiger charge is 2.50. The maximum absolute atomic E-state index is 14.1. The monoisotopic (exact) mass is 669 g/mol. The SMILES string of the molecule is CNC.CO[C@]1(C)C[C@@H](C)CN(C)[C@H](c2ccc(-c3cccc(N)c3)cc2)COC(=O)C(C)(C)C(=O)[C@H](C)[C@H]1O[C@@H]1O[C@@H](C)CC[C@H]1O. The average molecular weight is 670 g/mol. The molecule has 268 valence electrons. The number of aliphatic hydroxyl groups is 1. The Labute approximate surface area is 287 Å². The molecule has 10 nitrogen and oxygen atoms in total. The number of nitrogen functional groups attached to an aromatic ring is 1. The first-order chi connectivity index (χ1) is 22.6. The molecule has 2 saturated heterocycles. The molecule has 0 unspecified atom stereocenters. The van der Waals surface area contributed by atoms with E-state index in [0.29, 0.717) is 25.1 Å². The summed E-state index contributed by atoms with van der Waals surface area (Å²) in [5.74, 6) is -1.57. The fraction of sp³-hybridized carbons (Fsp3) is 0.632. The van der Waals surface area contributed by atoms with Gasteiger partial charge in [-0.25, -0.2) is 0 Å². The lowest BCUT2D eigenvalue weighted by Crippen LogP contribution is -2.56. The second-order valence-electron chi connectivity index (χ2n) is 14.4. The van der Waals surface area contributed by atoms with Gasteiger partial charge in [-0.2, -0.15) is 0 Å². The molecule has 0 spiro atoms. The van der Waals surface area contributed by atoms with Gasteiger partial charge in [0.2, 0.25) is 0 Å². The van der Waals surface area contributed by atoms with Crippen LogP contribution in [-0.4, -0.2) is 93.4 Å². The molecule has 0 amide bonds. The summed E-state index contributed by atoms with van der Waals surface area (Å²) in [6.07, 6.45) is -0.820. The smallest absolute Gasteiger partial charge is 0.319 e. The molecule has 0 radical (unpaired) electrons. The molecule has 2 aromatic carbocycles. The van der Waals surface area contributed by atoms with E-state index >= 15 is 0 Å². The standard InChI is InChI=1S/C36H52N2O7.C2H7N/c1-22-19-36(6,42-8)32(45-33-30(39)17-12-23(2)44-33)24(3)31(40)35(4,5)34(41)43-21-29(38(7)20-22)26-15-13-25(14-16-26)27-10-9-11-28(37)18-27;1-3-2/h9-11,13-16,18,22-24,29-30,32-33,39H,12,17,19-21,37H2,1-8H3;3H,1-2H3/t22-,23+,24+,29+,30-,32-,33+,36-;/m1./s1. The molecule has 8 atom stereocenters. The summed E-state index contributed by atoms with van der Waals surface area (Å²) in [6.45, 7) is 11.7. The van der Waals surface area contributed by atoms with Crippen molar-refractivity contribution in [2.75, 3.05) is 47.1 Å². The number of nitrogens with zero attached hydrogens (tertiary/aromatic N) is 1. The summed E-state index contributed by atoms with van der Waals surface area (Å²) in [4.78, 5) is 29.9. The van der Waals surface area contributed by atoms with Crippen molar-refractivity contribution < 1.29 is 33.6 Å². The second kappa shape index (κ2) is 17.2. The molecule has 0 aromatic heterocycles. The Morgan fingerprint density at radius 3 is 2.25 bits per heavy atom. The van der Waals surface area contributed by atoms with E-state index in [1.165, 1.54) is 0 Å². The van der Waals surface area contributed by atoms with Gasteiger partial charge in [-0.05, 0) is 103 Å². The molecule has 10 heteroatoms. The largest absolute Gasteiger partial charge is 0.463 e. The summed E-state index contributed by atoms with van der Waals surface area (Å²) in [5, 5.41) is 13.5. The number of ketones is 1. The van der Waals surface area contributed by atoms with Crippen molar-refractivity contribution in [1.29, 1.82) is 0 Å². The van der Waals surface area contributed by atoms with E-state index in [2.05, 4.69) is 17.1 Å². The first-order valence-electron chi connectivity index (χ1n) is 17.1. The number of carbonyl (C=O) groups excluding carboxylic acids is 2. The molecule has 2 aliphatic rings. The van der Waals surface area contributed by atoms with E-state index in [1.54, 1.807) is 27.9 Å². The highest BCUT2D eigenvalue weighted by molar-refractivity contribution is 6.04. The van der Waals surface area contributed by atoms with Gasteiger partial charge in [0.15, 0.2) is 12.1 Å². The van der Waals surface area contributed by atoms with Crippen LogP contribution in [0.15, 0.2) is 48.5 Å². The normalized spacial score (nSPS) is 32.1. The predicted octanol–water partition coefficient (Wildman–Crippen LogP) is 5.23. The molecular weight excluding hydrogens is 610 g/mol. The zero-order chi connectivity index (χ0) is 35.8. The predicted molar refractivity (Wildman–Crippen MR) is 189 cm³/mol. The number of hydrogen-bond donors (Lipinski definition) is 3. The van der Waals surface area contributed by atoms with Crippen molar-refractivity contribution in [3.05, 3.63) is 54.1 Å². The van der Waals surface area contributed by atoms with Crippen LogP contribution in [0.25, 0.3) is 11.1 Å². The minimum absolute atomic E-state index is 0.0895. The van der Waals surface area contributed by atoms with Gasteiger partial charge in [0.05, 0.1) is 23.9 Å². The van der Waals surface area contributed by atoms with Crippen LogP contribution in [0.2, 0.25) is 0 Å². The third-order valence-corrected chi connectivity index (χ3v) is 9.67. The van der Waals surface area contributed by atoms with Gasteiger partial charge in [0.1, 0.15) is 18.1 Å². The fourth-order valence-electron chi connectivity index (χ4n) is 6.91. The van der Waals surface area contributed by atoms with E-state index in [1.807, 2.05) is 83.5 Å². The molecule has 48 heavy (non-hydrogen) atoms. The number of hydrogen-bond acceptors (Lipinski definition) is 10. The number of nitrogens with one attached hydrogen (secondary N) is 1. The molecule has 2 fully saturated rings. The third kappa shape index (κ3) is 9.64. The fourth-order valence-corrected chi connectivity index (χ4v) is 6.91. The highest BCUT2D eigenvalue weighted by atomic mass is 16.7. The van der Waals surface area contributed by atoms with Crippen LogP contribution in [0.5, 0.6) is 0 Å². The quantitative estimate of drug-likeness (QED) is 0.221. The minimum atomic E-state index is -1.45. The Morgan fingerprint density at radius 1 is 1.00 bits per heavy atom. The maximum atomic E-state index is 14.1. The first kappa shape index (κ1) is 39.6. The summed E-state index contributed by atoms with van der Waals surface area (Å²) in [5.41, 5.74) is 7.38. The summed E-state index contributed by atoms with van der Waals surface area (Å²) in [7, 11) is 7.39.